The number of carbonyl (C=O) groups is 1. The maximum absolute atomic E-state index is 13.2. The largest absolute Gasteiger partial charge is 0.321 e. The van der Waals surface area contributed by atoms with E-state index in [9.17, 15) is 14.0 Å². The monoisotopic (exact) mass is 411 g/mol. The SMILES string of the molecule is Cc1nn(C)c(C)c1NC(=O)Cn1cnc2scc(-c3ccc(F)cc3)c2c1=O. The van der Waals surface area contributed by atoms with Gasteiger partial charge in [-0.25, -0.2) is 9.37 Å². The second kappa shape index (κ2) is 7.25. The predicted octanol–water partition coefficient (Wildman–Crippen LogP) is 3.25. The van der Waals surface area contributed by atoms with Gasteiger partial charge >= 0.3 is 0 Å². The number of hydrogen-bond donors (Lipinski definition) is 1. The number of aromatic nitrogens is 4. The molecule has 0 saturated carbocycles. The number of amides is 1. The molecule has 3 aromatic heterocycles. The summed E-state index contributed by atoms with van der Waals surface area (Å²) in [5.41, 5.74) is 3.26. The lowest BCUT2D eigenvalue weighted by molar-refractivity contribution is -0.116. The van der Waals surface area contributed by atoms with E-state index in [1.165, 1.54) is 34.4 Å². The van der Waals surface area contributed by atoms with E-state index in [4.69, 9.17) is 0 Å². The Morgan fingerprint density at radius 3 is 2.62 bits per heavy atom. The number of thiophene rings is 1. The molecule has 4 aromatic rings. The number of aryl methyl sites for hydroxylation is 2. The van der Waals surface area contributed by atoms with Crippen LogP contribution in [0.2, 0.25) is 0 Å². The van der Waals surface area contributed by atoms with E-state index in [2.05, 4.69) is 15.4 Å². The lowest BCUT2D eigenvalue weighted by Gasteiger charge is -2.08. The van der Waals surface area contributed by atoms with E-state index in [1.807, 2.05) is 19.2 Å². The Hall–Kier alpha value is -3.33. The molecule has 1 N–H and O–H groups in total. The lowest BCUT2D eigenvalue weighted by Crippen LogP contribution is -2.28. The van der Waals surface area contributed by atoms with Crippen LogP contribution in [0.1, 0.15) is 11.4 Å². The summed E-state index contributed by atoms with van der Waals surface area (Å²) in [6.45, 7) is 3.49. The van der Waals surface area contributed by atoms with Crippen molar-refractivity contribution in [1.29, 1.82) is 0 Å². The van der Waals surface area contributed by atoms with Crippen LogP contribution in [0.15, 0.2) is 40.8 Å². The average Bonchev–Trinajstić information content (AvgIpc) is 3.22. The molecule has 29 heavy (non-hydrogen) atoms. The first-order valence-corrected chi connectivity index (χ1v) is 9.75. The molecule has 0 aliphatic carbocycles. The van der Waals surface area contributed by atoms with Crippen molar-refractivity contribution in [2.24, 2.45) is 7.05 Å². The van der Waals surface area contributed by atoms with Crippen molar-refractivity contribution in [2.45, 2.75) is 20.4 Å². The topological polar surface area (TPSA) is 81.8 Å². The van der Waals surface area contributed by atoms with Crippen LogP contribution in [-0.4, -0.2) is 25.2 Å². The van der Waals surface area contributed by atoms with E-state index in [0.717, 1.165) is 11.3 Å². The molecule has 0 bridgehead atoms. The van der Waals surface area contributed by atoms with Gasteiger partial charge in [-0.15, -0.1) is 11.3 Å². The summed E-state index contributed by atoms with van der Waals surface area (Å²) in [6.07, 6.45) is 1.37. The van der Waals surface area contributed by atoms with Gasteiger partial charge in [-0.3, -0.25) is 18.8 Å². The highest BCUT2D eigenvalue weighted by Gasteiger charge is 2.17. The van der Waals surface area contributed by atoms with E-state index in [0.29, 0.717) is 27.2 Å². The smallest absolute Gasteiger partial charge is 0.263 e. The highest BCUT2D eigenvalue weighted by molar-refractivity contribution is 7.17. The maximum Gasteiger partial charge on any atom is 0.263 e. The molecule has 0 saturated heterocycles. The molecular weight excluding hydrogens is 393 g/mol. The number of hydrogen-bond acceptors (Lipinski definition) is 5. The number of nitrogens with zero attached hydrogens (tertiary/aromatic N) is 4. The summed E-state index contributed by atoms with van der Waals surface area (Å²) >= 11 is 1.33. The molecule has 1 aromatic carbocycles. The van der Waals surface area contributed by atoms with Crippen molar-refractivity contribution in [3.8, 4) is 11.1 Å². The lowest BCUT2D eigenvalue weighted by atomic mass is 10.1. The Bertz CT molecular complexity index is 1290. The fourth-order valence-corrected chi connectivity index (χ4v) is 4.12. The fraction of sp³-hybridized carbons (Fsp3) is 0.200. The molecule has 0 aliphatic rings. The van der Waals surface area contributed by atoms with Crippen molar-refractivity contribution in [1.82, 2.24) is 19.3 Å². The third-order valence-electron chi connectivity index (χ3n) is 4.80. The quantitative estimate of drug-likeness (QED) is 0.559. The zero-order chi connectivity index (χ0) is 20.7. The molecule has 0 radical (unpaired) electrons. The molecule has 0 spiro atoms. The molecule has 4 rings (SSSR count). The van der Waals surface area contributed by atoms with Gasteiger partial charge in [0, 0.05) is 18.0 Å². The van der Waals surface area contributed by atoms with Gasteiger partial charge < -0.3 is 5.32 Å². The van der Waals surface area contributed by atoms with E-state index < -0.39 is 0 Å². The van der Waals surface area contributed by atoms with Crippen molar-refractivity contribution in [3.05, 3.63) is 63.5 Å². The predicted molar refractivity (Wildman–Crippen MR) is 111 cm³/mol. The molecule has 9 heteroatoms. The molecule has 7 nitrogen and oxygen atoms in total. The molecule has 0 unspecified atom stereocenters. The van der Waals surface area contributed by atoms with Gasteiger partial charge in [0.05, 0.1) is 28.8 Å². The standard InChI is InChI=1S/C20H18FN5O2S/c1-11-18(12(2)25(3)24-11)23-16(27)8-26-10-22-19-17(20(26)28)15(9-29-19)13-4-6-14(21)7-5-13/h4-7,9-10H,8H2,1-3H3,(H,23,27). The van der Waals surface area contributed by atoms with Crippen LogP contribution in [0.25, 0.3) is 21.3 Å². The Morgan fingerprint density at radius 1 is 1.24 bits per heavy atom. The number of nitrogens with one attached hydrogen (secondary N) is 1. The van der Waals surface area contributed by atoms with Crippen LogP contribution in [0.4, 0.5) is 10.1 Å². The fourth-order valence-electron chi connectivity index (χ4n) is 3.21. The molecule has 148 valence electrons. The van der Waals surface area contributed by atoms with Crippen molar-refractivity contribution in [2.75, 3.05) is 5.32 Å². The highest BCUT2D eigenvalue weighted by atomic mass is 32.1. The first-order valence-electron chi connectivity index (χ1n) is 8.87. The van der Waals surface area contributed by atoms with Gasteiger partial charge in [0.1, 0.15) is 17.2 Å². The third-order valence-corrected chi connectivity index (χ3v) is 5.69. The summed E-state index contributed by atoms with van der Waals surface area (Å²) in [7, 11) is 1.80. The van der Waals surface area contributed by atoms with Crippen LogP contribution in [0.5, 0.6) is 0 Å². The molecule has 0 atom stereocenters. The van der Waals surface area contributed by atoms with Gasteiger partial charge in [0.2, 0.25) is 5.91 Å². The van der Waals surface area contributed by atoms with Gasteiger partial charge in [-0.05, 0) is 31.5 Å². The number of anilines is 1. The Kier molecular flexibility index (Phi) is 4.75. The minimum Gasteiger partial charge on any atom is -0.321 e. The molecular formula is C20H18FN5O2S. The van der Waals surface area contributed by atoms with E-state index >= 15 is 0 Å². The Morgan fingerprint density at radius 2 is 1.97 bits per heavy atom. The van der Waals surface area contributed by atoms with Gasteiger partial charge in [-0.1, -0.05) is 12.1 Å². The van der Waals surface area contributed by atoms with E-state index in [1.54, 1.807) is 23.9 Å². The summed E-state index contributed by atoms with van der Waals surface area (Å²) in [6, 6.07) is 5.93. The normalized spacial score (nSPS) is 11.2. The Balaban J connectivity index is 1.67. The average molecular weight is 411 g/mol. The van der Waals surface area contributed by atoms with Gasteiger partial charge in [0.25, 0.3) is 5.56 Å². The maximum atomic E-state index is 13.2. The third kappa shape index (κ3) is 3.44. The molecule has 0 fully saturated rings. The van der Waals surface area contributed by atoms with Crippen molar-refractivity contribution in [3.63, 3.8) is 0 Å². The Labute approximate surface area is 169 Å². The van der Waals surface area contributed by atoms with Crippen molar-refractivity contribution >= 4 is 33.1 Å². The molecule has 1 amide bonds. The van der Waals surface area contributed by atoms with Gasteiger partial charge in [0.15, 0.2) is 0 Å². The second-order valence-corrected chi connectivity index (χ2v) is 7.59. The van der Waals surface area contributed by atoms with E-state index in [-0.39, 0.29) is 23.8 Å². The number of fused-ring (bicyclic) bond motifs is 1. The van der Waals surface area contributed by atoms with Crippen LogP contribution in [-0.2, 0) is 18.4 Å². The zero-order valence-corrected chi connectivity index (χ0v) is 16.9. The van der Waals surface area contributed by atoms with Crippen LogP contribution < -0.4 is 10.9 Å². The second-order valence-electron chi connectivity index (χ2n) is 6.73. The number of benzene rings is 1. The van der Waals surface area contributed by atoms with Crippen molar-refractivity contribution < 1.29 is 9.18 Å². The van der Waals surface area contributed by atoms with Crippen LogP contribution >= 0.6 is 11.3 Å². The van der Waals surface area contributed by atoms with Crippen LogP contribution in [0, 0.1) is 19.7 Å². The number of carbonyl (C=O) groups excluding carboxylic acids is 1. The summed E-state index contributed by atoms with van der Waals surface area (Å²) < 4.78 is 16.2. The summed E-state index contributed by atoms with van der Waals surface area (Å²) in [5.74, 6) is -0.688. The minimum atomic E-state index is -0.346. The van der Waals surface area contributed by atoms with Gasteiger partial charge in [-0.2, -0.15) is 5.10 Å². The first kappa shape index (κ1) is 19.0. The zero-order valence-electron chi connectivity index (χ0n) is 16.1. The molecule has 3 heterocycles. The first-order chi connectivity index (χ1) is 13.8. The van der Waals surface area contributed by atoms with Crippen LogP contribution in [0.3, 0.4) is 0 Å². The summed E-state index contributed by atoms with van der Waals surface area (Å²) in [4.78, 5) is 30.5. The highest BCUT2D eigenvalue weighted by Crippen LogP contribution is 2.30. The number of rotatable bonds is 4. The minimum absolute atomic E-state index is 0.172. The number of halogens is 1. The molecule has 0 aliphatic heterocycles. The summed E-state index contributed by atoms with van der Waals surface area (Å²) in [5, 5.41) is 9.33.